The van der Waals surface area contributed by atoms with E-state index in [1.165, 1.54) is 24.3 Å². The number of esters is 1. The van der Waals surface area contributed by atoms with Gasteiger partial charge in [0.15, 0.2) is 6.61 Å². The van der Waals surface area contributed by atoms with E-state index < -0.39 is 36.2 Å². The minimum Gasteiger partial charge on any atom is -0.452 e. The highest BCUT2D eigenvalue weighted by Crippen LogP contribution is 2.59. The number of nitrogens with one attached hydrogen (secondary N) is 2. The van der Waals surface area contributed by atoms with E-state index in [1.807, 2.05) is 0 Å². The van der Waals surface area contributed by atoms with Crippen molar-refractivity contribution in [2.75, 3.05) is 11.5 Å². The van der Waals surface area contributed by atoms with Crippen LogP contribution in [0.2, 0.25) is 0 Å². The summed E-state index contributed by atoms with van der Waals surface area (Å²) in [6.45, 7) is -0.629. The second-order valence-electron chi connectivity index (χ2n) is 9.15. The average molecular weight is 609 g/mol. The van der Waals surface area contributed by atoms with Crippen molar-refractivity contribution in [2.45, 2.75) is 17.2 Å². The maximum Gasteiger partial charge on any atom is 0.338 e. The summed E-state index contributed by atoms with van der Waals surface area (Å²) >= 11 is 16.1. The van der Waals surface area contributed by atoms with Crippen molar-refractivity contribution in [3.05, 3.63) is 64.1 Å². The molecule has 0 unspecified atom stereocenters. The summed E-state index contributed by atoms with van der Waals surface area (Å²) in [5.74, 6) is -3.84. The lowest BCUT2D eigenvalue weighted by Crippen LogP contribution is -2.43. The molecule has 0 spiro atoms. The van der Waals surface area contributed by atoms with Crippen LogP contribution in [-0.4, -0.2) is 47.0 Å². The van der Waals surface area contributed by atoms with Crippen LogP contribution in [-0.2, 0) is 19.1 Å². The van der Waals surface area contributed by atoms with E-state index in [2.05, 4.69) is 26.8 Å². The van der Waals surface area contributed by atoms with Crippen molar-refractivity contribution in [3.8, 4) is 0 Å². The zero-order chi connectivity index (χ0) is 26.4. The molecule has 9 nitrogen and oxygen atoms in total. The molecule has 2 N–H and O–H groups in total. The van der Waals surface area contributed by atoms with Crippen LogP contribution in [0.5, 0.6) is 0 Å². The van der Waals surface area contributed by atoms with Gasteiger partial charge in [-0.25, -0.2) is 4.79 Å². The molecule has 6 atom stereocenters. The SMILES string of the molecule is O=C(COC(=O)c1ccc(N2C(=O)[C@@H]3[C@H]4C[C@@H]([C@H](Cl)[C@@H]4Cl)[C@@H]3C2=O)cc1)NNC(=O)c1ccc(Br)cc1. The fourth-order valence-electron chi connectivity index (χ4n) is 5.40. The predicted molar refractivity (Wildman–Crippen MR) is 137 cm³/mol. The first-order valence-electron chi connectivity index (χ1n) is 11.4. The second kappa shape index (κ2) is 10.1. The molecule has 3 fully saturated rings. The normalized spacial score (nSPS) is 27.7. The van der Waals surface area contributed by atoms with Crippen molar-refractivity contribution in [2.24, 2.45) is 23.7 Å². The van der Waals surface area contributed by atoms with Crippen LogP contribution in [0.15, 0.2) is 53.0 Å². The van der Waals surface area contributed by atoms with Gasteiger partial charge in [0, 0.05) is 10.0 Å². The molecule has 0 aromatic heterocycles. The van der Waals surface area contributed by atoms with Crippen molar-refractivity contribution in [1.29, 1.82) is 0 Å². The van der Waals surface area contributed by atoms with Gasteiger partial charge in [-0.3, -0.25) is 34.9 Å². The van der Waals surface area contributed by atoms with Crippen LogP contribution in [0.1, 0.15) is 27.1 Å². The first kappa shape index (κ1) is 25.7. The molecule has 192 valence electrons. The van der Waals surface area contributed by atoms with Gasteiger partial charge in [-0.05, 0) is 66.8 Å². The molecule has 2 saturated carbocycles. The van der Waals surface area contributed by atoms with Gasteiger partial charge < -0.3 is 4.74 Å². The Balaban J connectivity index is 1.15. The number of alkyl halides is 2. The van der Waals surface area contributed by atoms with E-state index in [0.29, 0.717) is 17.7 Å². The summed E-state index contributed by atoms with van der Waals surface area (Å²) in [6, 6.07) is 12.3. The number of hydrogen-bond donors (Lipinski definition) is 2. The van der Waals surface area contributed by atoms with Crippen LogP contribution >= 0.6 is 39.1 Å². The van der Waals surface area contributed by atoms with Crippen LogP contribution < -0.4 is 15.8 Å². The van der Waals surface area contributed by atoms with E-state index in [0.717, 1.165) is 9.37 Å². The minimum absolute atomic E-state index is 0.122. The van der Waals surface area contributed by atoms with Gasteiger partial charge in [0.25, 0.3) is 11.8 Å². The van der Waals surface area contributed by atoms with E-state index >= 15 is 0 Å². The monoisotopic (exact) mass is 607 g/mol. The van der Waals surface area contributed by atoms with Gasteiger partial charge in [-0.1, -0.05) is 15.9 Å². The predicted octanol–water partition coefficient (Wildman–Crippen LogP) is 3.04. The highest BCUT2D eigenvalue weighted by molar-refractivity contribution is 9.10. The Morgan fingerprint density at radius 2 is 1.41 bits per heavy atom. The number of fused-ring (bicyclic) bond motifs is 5. The quantitative estimate of drug-likeness (QED) is 0.233. The number of hydrogen-bond acceptors (Lipinski definition) is 6. The van der Waals surface area contributed by atoms with Crippen LogP contribution in [0.25, 0.3) is 0 Å². The summed E-state index contributed by atoms with van der Waals surface area (Å²) in [5, 5.41) is -0.680. The molecule has 1 saturated heterocycles. The van der Waals surface area contributed by atoms with Crippen LogP contribution in [0, 0.1) is 23.7 Å². The maximum absolute atomic E-state index is 13.1. The summed E-state index contributed by atoms with van der Waals surface area (Å²) in [7, 11) is 0. The lowest BCUT2D eigenvalue weighted by Gasteiger charge is -2.28. The topological polar surface area (TPSA) is 122 Å². The summed E-state index contributed by atoms with van der Waals surface area (Å²) in [5.41, 5.74) is 5.19. The molecule has 12 heteroatoms. The molecule has 37 heavy (non-hydrogen) atoms. The van der Waals surface area contributed by atoms with E-state index in [9.17, 15) is 24.0 Å². The number of benzene rings is 2. The van der Waals surface area contributed by atoms with Gasteiger partial charge in [0.05, 0.1) is 33.8 Å². The molecule has 5 rings (SSSR count). The first-order chi connectivity index (χ1) is 17.7. The third-order valence-corrected chi connectivity index (χ3v) is 8.95. The Kier molecular flexibility index (Phi) is 6.99. The number of carbonyl (C=O) groups excluding carboxylic acids is 5. The minimum atomic E-state index is -0.787. The number of hydrazine groups is 1. The standard InChI is InChI=1S/C25H20BrCl2N3O6/c26-13-5-1-11(2-6-13)22(33)30-29-17(32)10-37-25(36)12-3-7-14(8-4-12)31-23(34)18-15-9-16(19(18)24(31)35)21(28)20(15)27/h1-8,15-16,18-21H,9-10H2,(H,29,32)(H,30,33)/t15-,16-,18-,19+,20-,21+/m1/s1. The fraction of sp³-hybridized carbons (Fsp3) is 0.320. The van der Waals surface area contributed by atoms with Gasteiger partial charge in [-0.2, -0.15) is 0 Å². The Morgan fingerprint density at radius 1 is 0.865 bits per heavy atom. The Hall–Kier alpha value is -2.95. The number of ether oxygens (including phenoxy) is 1. The van der Waals surface area contributed by atoms with Crippen molar-refractivity contribution in [1.82, 2.24) is 10.9 Å². The lowest BCUT2D eigenvalue weighted by molar-refractivity contribution is -0.125. The van der Waals surface area contributed by atoms with Gasteiger partial charge in [0.1, 0.15) is 0 Å². The van der Waals surface area contributed by atoms with Crippen LogP contribution in [0.4, 0.5) is 5.69 Å². The van der Waals surface area contributed by atoms with Crippen molar-refractivity contribution >= 4 is 74.4 Å². The number of rotatable bonds is 5. The molecule has 1 aliphatic heterocycles. The van der Waals surface area contributed by atoms with E-state index in [1.54, 1.807) is 24.3 Å². The largest absolute Gasteiger partial charge is 0.452 e. The van der Waals surface area contributed by atoms with Crippen LogP contribution in [0.3, 0.4) is 0 Å². The van der Waals surface area contributed by atoms with Gasteiger partial charge >= 0.3 is 5.97 Å². The van der Waals surface area contributed by atoms with Crippen molar-refractivity contribution < 1.29 is 28.7 Å². The average Bonchev–Trinajstić information content (AvgIpc) is 3.51. The third-order valence-electron chi connectivity index (χ3n) is 7.10. The smallest absolute Gasteiger partial charge is 0.338 e. The highest BCUT2D eigenvalue weighted by Gasteiger charge is 2.66. The number of nitrogens with zero attached hydrogens (tertiary/aromatic N) is 1. The number of imide groups is 1. The lowest BCUT2D eigenvalue weighted by atomic mass is 9.80. The summed E-state index contributed by atoms with van der Waals surface area (Å²) in [6.07, 6.45) is 0.676. The highest BCUT2D eigenvalue weighted by atomic mass is 79.9. The Morgan fingerprint density at radius 3 is 1.97 bits per heavy atom. The third kappa shape index (κ3) is 4.62. The fourth-order valence-corrected chi connectivity index (χ4v) is 6.56. The molecule has 2 aliphatic carbocycles. The Bertz CT molecular complexity index is 1260. The molecule has 2 aromatic rings. The number of anilines is 1. The zero-order valence-corrected chi connectivity index (χ0v) is 22.1. The molecule has 4 amide bonds. The summed E-state index contributed by atoms with van der Waals surface area (Å²) in [4.78, 5) is 63.7. The molecular weight excluding hydrogens is 589 g/mol. The number of amides is 4. The number of carbonyl (C=O) groups is 5. The second-order valence-corrected chi connectivity index (χ2v) is 11.1. The van der Waals surface area contributed by atoms with E-state index in [4.69, 9.17) is 27.9 Å². The molecule has 2 bridgehead atoms. The molecule has 0 radical (unpaired) electrons. The van der Waals surface area contributed by atoms with E-state index in [-0.39, 0.29) is 40.0 Å². The Labute approximate surface area is 229 Å². The van der Waals surface area contributed by atoms with Crippen molar-refractivity contribution in [3.63, 3.8) is 0 Å². The summed E-state index contributed by atoms with van der Waals surface area (Å²) < 4.78 is 5.79. The molecule has 3 aliphatic rings. The molecule has 1 heterocycles. The van der Waals surface area contributed by atoms with Gasteiger partial charge in [0.2, 0.25) is 11.8 Å². The number of halogens is 3. The molecule has 2 aromatic carbocycles. The first-order valence-corrected chi connectivity index (χ1v) is 13.1. The van der Waals surface area contributed by atoms with Gasteiger partial charge in [-0.15, -0.1) is 23.2 Å². The zero-order valence-electron chi connectivity index (χ0n) is 19.0. The molecular formula is C25H20BrCl2N3O6. The maximum atomic E-state index is 13.1.